The molecule has 0 aromatic rings. The topological polar surface area (TPSA) is 258 Å². The highest BCUT2D eigenvalue weighted by Gasteiger charge is 2.32. The molecule has 0 spiro atoms. The van der Waals surface area contributed by atoms with Gasteiger partial charge in [-0.05, 0) is 37.2 Å². The Bertz CT molecular complexity index is 775. The van der Waals surface area contributed by atoms with Crippen LogP contribution in [0.25, 0.3) is 0 Å². The lowest BCUT2D eigenvalue weighted by Crippen LogP contribution is -2.58. The van der Waals surface area contributed by atoms with Gasteiger partial charge in [0.15, 0.2) is 5.96 Å². The second-order valence-corrected chi connectivity index (χ2v) is 9.18. The zero-order valence-electron chi connectivity index (χ0n) is 20.3. The van der Waals surface area contributed by atoms with Crippen molar-refractivity contribution in [1.82, 2.24) is 16.0 Å². The van der Waals surface area contributed by atoms with Crippen LogP contribution in [-0.2, 0) is 24.0 Å². The van der Waals surface area contributed by atoms with Gasteiger partial charge in [-0.2, -0.15) is 11.8 Å². The van der Waals surface area contributed by atoms with Crippen LogP contribution in [0.2, 0.25) is 0 Å². The highest BCUT2D eigenvalue weighted by molar-refractivity contribution is 7.98. The molecule has 0 aliphatic carbocycles. The molecule has 0 heterocycles. The van der Waals surface area contributed by atoms with Gasteiger partial charge in [0.1, 0.15) is 18.1 Å². The number of guanidine groups is 1. The Balaban J connectivity index is 5.37. The molecule has 35 heavy (non-hydrogen) atoms. The summed E-state index contributed by atoms with van der Waals surface area (Å²) in [4.78, 5) is 64.8. The lowest BCUT2D eigenvalue weighted by Gasteiger charge is -2.25. The third-order valence-corrected chi connectivity index (χ3v) is 5.46. The molecule has 4 atom stereocenters. The molecule has 0 aromatic heterocycles. The van der Waals surface area contributed by atoms with Crippen LogP contribution in [0.3, 0.4) is 0 Å². The van der Waals surface area contributed by atoms with E-state index >= 15 is 0 Å². The number of nitrogens with zero attached hydrogens (tertiary/aromatic N) is 1. The molecule has 12 N–H and O–H groups in total. The number of aliphatic imine (C=N–C) groups is 1. The van der Waals surface area contributed by atoms with E-state index in [4.69, 9.17) is 22.9 Å². The average molecular weight is 519 g/mol. The Labute approximate surface area is 208 Å². The van der Waals surface area contributed by atoms with Crippen molar-refractivity contribution in [3.63, 3.8) is 0 Å². The minimum absolute atomic E-state index is 0.0746. The van der Waals surface area contributed by atoms with Crippen molar-refractivity contribution in [2.45, 2.75) is 63.7 Å². The lowest BCUT2D eigenvalue weighted by atomic mass is 10.0. The number of hydrogen-bond donors (Lipinski definition) is 8. The van der Waals surface area contributed by atoms with Crippen LogP contribution < -0.4 is 38.9 Å². The molecule has 0 aliphatic heterocycles. The number of primary amides is 1. The maximum Gasteiger partial charge on any atom is 0.326 e. The molecule has 4 amide bonds. The summed E-state index contributed by atoms with van der Waals surface area (Å²) < 4.78 is 0. The zero-order chi connectivity index (χ0) is 27.1. The summed E-state index contributed by atoms with van der Waals surface area (Å²) in [7, 11) is 0. The average Bonchev–Trinajstić information content (AvgIpc) is 2.75. The first kappa shape index (κ1) is 31.9. The first-order chi connectivity index (χ1) is 16.3. The lowest BCUT2D eigenvalue weighted by molar-refractivity contribution is -0.143. The largest absolute Gasteiger partial charge is 0.480 e. The van der Waals surface area contributed by atoms with E-state index in [1.165, 1.54) is 11.8 Å². The summed E-state index contributed by atoms with van der Waals surface area (Å²) in [6.07, 6.45) is 2.17. The van der Waals surface area contributed by atoms with Crippen LogP contribution in [0, 0.1) is 5.92 Å². The number of carbonyl (C=O) groups excluding carboxylic acids is 4. The van der Waals surface area contributed by atoms with Gasteiger partial charge < -0.3 is 44.0 Å². The van der Waals surface area contributed by atoms with E-state index in [1.54, 1.807) is 13.8 Å². The highest BCUT2D eigenvalue weighted by atomic mass is 32.2. The SMILES string of the molecule is CSCCC(NC(=O)C(N)CCCN=C(N)N)C(=O)NC(CC(N)=O)C(=O)NC(C(=O)O)C(C)C. The molecular weight excluding hydrogens is 480 g/mol. The molecule has 0 saturated carbocycles. The van der Waals surface area contributed by atoms with E-state index in [1.807, 2.05) is 6.26 Å². The van der Waals surface area contributed by atoms with Gasteiger partial charge in [0, 0.05) is 6.54 Å². The van der Waals surface area contributed by atoms with E-state index in [0.29, 0.717) is 12.2 Å². The number of carboxylic acid groups (broad SMARTS) is 1. The molecular formula is C20H38N8O6S. The van der Waals surface area contributed by atoms with Crippen molar-refractivity contribution in [2.24, 2.45) is 33.8 Å². The van der Waals surface area contributed by atoms with Gasteiger partial charge in [-0.1, -0.05) is 13.8 Å². The molecule has 4 unspecified atom stereocenters. The smallest absolute Gasteiger partial charge is 0.326 e. The van der Waals surface area contributed by atoms with Crippen molar-refractivity contribution in [1.29, 1.82) is 0 Å². The fourth-order valence-electron chi connectivity index (χ4n) is 2.88. The Morgan fingerprint density at radius 3 is 1.97 bits per heavy atom. The quantitative estimate of drug-likeness (QED) is 0.0556. The summed E-state index contributed by atoms with van der Waals surface area (Å²) in [6.45, 7) is 3.47. The highest BCUT2D eigenvalue weighted by Crippen LogP contribution is 2.06. The van der Waals surface area contributed by atoms with E-state index in [2.05, 4.69) is 20.9 Å². The number of nitrogens with one attached hydrogen (secondary N) is 3. The summed E-state index contributed by atoms with van der Waals surface area (Å²) >= 11 is 1.43. The van der Waals surface area contributed by atoms with Crippen LogP contribution in [0.4, 0.5) is 0 Å². The number of carboxylic acids is 1. The fourth-order valence-corrected chi connectivity index (χ4v) is 3.36. The Kier molecular flexibility index (Phi) is 15.1. The normalized spacial score (nSPS) is 14.2. The van der Waals surface area contributed by atoms with Gasteiger partial charge in [-0.3, -0.25) is 24.2 Å². The van der Waals surface area contributed by atoms with Crippen molar-refractivity contribution < 1.29 is 29.1 Å². The predicted molar refractivity (Wildman–Crippen MR) is 133 cm³/mol. The Hall–Kier alpha value is -3.07. The molecule has 15 heteroatoms. The van der Waals surface area contributed by atoms with Crippen molar-refractivity contribution in [2.75, 3.05) is 18.6 Å². The van der Waals surface area contributed by atoms with E-state index in [0.717, 1.165) is 0 Å². The summed E-state index contributed by atoms with van der Waals surface area (Å²) in [6, 6.07) is -4.65. The van der Waals surface area contributed by atoms with Gasteiger partial charge in [0.25, 0.3) is 0 Å². The first-order valence-electron chi connectivity index (χ1n) is 11.0. The van der Waals surface area contributed by atoms with Crippen molar-refractivity contribution in [3.05, 3.63) is 0 Å². The summed E-state index contributed by atoms with van der Waals surface area (Å²) in [5.74, 6) is -4.39. The van der Waals surface area contributed by atoms with Gasteiger partial charge in [0.05, 0.1) is 12.5 Å². The number of nitrogens with two attached hydrogens (primary N) is 4. The van der Waals surface area contributed by atoms with Crippen LogP contribution in [0.5, 0.6) is 0 Å². The number of rotatable bonds is 17. The van der Waals surface area contributed by atoms with Crippen LogP contribution >= 0.6 is 11.8 Å². The summed E-state index contributed by atoms with van der Waals surface area (Å²) in [5.41, 5.74) is 21.6. The molecule has 0 aliphatic rings. The van der Waals surface area contributed by atoms with Gasteiger partial charge in [-0.15, -0.1) is 0 Å². The monoisotopic (exact) mass is 518 g/mol. The minimum atomic E-state index is -1.43. The van der Waals surface area contributed by atoms with Crippen LogP contribution in [-0.4, -0.2) is 83.4 Å². The second kappa shape index (κ2) is 16.5. The van der Waals surface area contributed by atoms with Gasteiger partial charge in [-0.25, -0.2) is 4.79 Å². The van der Waals surface area contributed by atoms with Crippen LogP contribution in [0.15, 0.2) is 4.99 Å². The number of amides is 4. The minimum Gasteiger partial charge on any atom is -0.480 e. The van der Waals surface area contributed by atoms with Crippen molar-refractivity contribution >= 4 is 47.3 Å². The third-order valence-electron chi connectivity index (χ3n) is 4.82. The van der Waals surface area contributed by atoms with E-state index in [9.17, 15) is 29.1 Å². The molecule has 0 saturated heterocycles. The standard InChI is InChI=1S/C20H38N8O6S/c1-10(2)15(19(33)34)28-18(32)13(9-14(22)29)27-17(31)12(6-8-35-3)26-16(30)11(21)5-4-7-25-20(23)24/h10-13,15H,4-9,21H2,1-3H3,(H2,22,29)(H,26,30)(H,27,31)(H,28,32)(H,33,34)(H4,23,24,25). The molecule has 0 fully saturated rings. The van der Waals surface area contributed by atoms with Crippen LogP contribution in [0.1, 0.15) is 39.5 Å². The Morgan fingerprint density at radius 2 is 1.49 bits per heavy atom. The molecule has 0 bridgehead atoms. The molecule has 200 valence electrons. The fraction of sp³-hybridized carbons (Fsp3) is 0.700. The number of aliphatic carboxylic acids is 1. The van der Waals surface area contributed by atoms with Crippen molar-refractivity contribution in [3.8, 4) is 0 Å². The third kappa shape index (κ3) is 13.4. The van der Waals surface area contributed by atoms with Gasteiger partial charge >= 0.3 is 5.97 Å². The number of thioether (sulfide) groups is 1. The number of carbonyl (C=O) groups is 5. The van der Waals surface area contributed by atoms with E-state index < -0.39 is 66.1 Å². The molecule has 0 radical (unpaired) electrons. The maximum atomic E-state index is 12.9. The Morgan fingerprint density at radius 1 is 0.914 bits per heavy atom. The first-order valence-corrected chi connectivity index (χ1v) is 12.4. The zero-order valence-corrected chi connectivity index (χ0v) is 21.1. The molecule has 0 aromatic carbocycles. The summed E-state index contributed by atoms with van der Waals surface area (Å²) in [5, 5.41) is 16.6. The van der Waals surface area contributed by atoms with Gasteiger partial charge in [0.2, 0.25) is 23.6 Å². The van der Waals surface area contributed by atoms with E-state index in [-0.39, 0.29) is 25.3 Å². The number of hydrogen-bond acceptors (Lipinski definition) is 8. The molecule has 0 rings (SSSR count). The molecule has 14 nitrogen and oxygen atoms in total. The second-order valence-electron chi connectivity index (χ2n) is 8.20. The maximum absolute atomic E-state index is 12.9. The predicted octanol–water partition coefficient (Wildman–Crippen LogP) is -2.81.